The Morgan fingerprint density at radius 2 is 1.85 bits per heavy atom. The Morgan fingerprint density at radius 3 is 2.58 bits per heavy atom. The smallest absolute Gasteiger partial charge is 0.344 e. The molecule has 0 aliphatic carbocycles. The number of benzene rings is 2. The first kappa shape index (κ1) is 20.8. The van der Waals surface area contributed by atoms with Crippen LogP contribution in [0.25, 0.3) is 38.1 Å². The number of esters is 1. The van der Waals surface area contributed by atoms with Gasteiger partial charge in [0.2, 0.25) is 0 Å². The predicted molar refractivity (Wildman–Crippen MR) is 125 cm³/mol. The van der Waals surface area contributed by atoms with E-state index in [1.165, 1.54) is 14.2 Å². The summed E-state index contributed by atoms with van der Waals surface area (Å²) in [5, 5.41) is 2.76. The number of methoxy groups -OCH3 is 2. The van der Waals surface area contributed by atoms with Crippen LogP contribution in [0.1, 0.15) is 13.8 Å². The van der Waals surface area contributed by atoms with Gasteiger partial charge in [-0.1, -0.05) is 0 Å². The van der Waals surface area contributed by atoms with Gasteiger partial charge in [0, 0.05) is 22.4 Å². The van der Waals surface area contributed by atoms with Crippen LogP contribution in [0, 0.1) is 0 Å². The van der Waals surface area contributed by atoms with Gasteiger partial charge < -0.3 is 18.9 Å². The monoisotopic (exact) mass is 446 g/mol. The summed E-state index contributed by atoms with van der Waals surface area (Å²) in [6.45, 7) is 3.37. The lowest BCUT2D eigenvalue weighted by molar-refractivity contribution is -0.149. The van der Waals surface area contributed by atoms with Gasteiger partial charge >= 0.3 is 5.97 Å². The molecule has 0 aliphatic heterocycles. The summed E-state index contributed by atoms with van der Waals surface area (Å²) in [6.07, 6.45) is 1.50. The molecule has 168 valence electrons. The minimum atomic E-state index is -0.441. The second-order valence-corrected chi connectivity index (χ2v) is 7.93. The number of carbonyl (C=O) groups is 1. The van der Waals surface area contributed by atoms with Gasteiger partial charge in [-0.2, -0.15) is 0 Å². The highest BCUT2D eigenvalue weighted by molar-refractivity contribution is 6.19. The summed E-state index contributed by atoms with van der Waals surface area (Å²) in [7, 11) is 3.04. The first-order chi connectivity index (χ1) is 15.9. The lowest BCUT2D eigenvalue weighted by Gasteiger charge is -2.12. The average Bonchev–Trinajstić information content (AvgIpc) is 3.14. The van der Waals surface area contributed by atoms with E-state index in [1.54, 1.807) is 42.6 Å². The largest absolute Gasteiger partial charge is 0.493 e. The predicted octanol–water partition coefficient (Wildman–Crippen LogP) is 3.94. The van der Waals surface area contributed by atoms with Crippen LogP contribution in [0.2, 0.25) is 0 Å². The van der Waals surface area contributed by atoms with Crippen molar-refractivity contribution in [2.45, 2.75) is 20.0 Å². The number of hydrogen-bond donors (Lipinski definition) is 0. The van der Waals surface area contributed by atoms with Crippen molar-refractivity contribution in [3.63, 3.8) is 0 Å². The number of carbonyl (C=O) groups excluding carboxylic acids is 1. The van der Waals surface area contributed by atoms with E-state index < -0.39 is 5.97 Å². The Hall–Kier alpha value is -4.07. The Labute approximate surface area is 188 Å². The third-order valence-corrected chi connectivity index (χ3v) is 5.59. The van der Waals surface area contributed by atoms with E-state index >= 15 is 0 Å². The number of rotatable bonds is 6. The highest BCUT2D eigenvalue weighted by atomic mass is 16.6. The van der Waals surface area contributed by atoms with E-state index in [9.17, 15) is 9.59 Å². The molecule has 0 spiro atoms. The van der Waals surface area contributed by atoms with Crippen LogP contribution in [0.5, 0.6) is 17.2 Å². The molecule has 0 atom stereocenters. The highest BCUT2D eigenvalue weighted by Crippen LogP contribution is 2.39. The molecule has 0 bridgehead atoms. The van der Waals surface area contributed by atoms with E-state index in [4.69, 9.17) is 18.9 Å². The molecular formula is C25H22N2O6. The van der Waals surface area contributed by atoms with Crippen molar-refractivity contribution in [3.8, 4) is 17.2 Å². The standard InChI is InChI=1S/C25H22N2O6/c1-13(2)33-20(28)12-32-14-5-7-18-17(11-14)15-9-10-26-22-16-6-8-19(30-3)24(31-4)21(16)25(29)27(18)23(15)22/h5-11,13H,12H2,1-4H3. The van der Waals surface area contributed by atoms with Gasteiger partial charge in [-0.05, 0) is 50.2 Å². The number of nitrogens with zero attached hydrogens (tertiary/aromatic N) is 2. The number of ether oxygens (including phenoxy) is 4. The van der Waals surface area contributed by atoms with Crippen LogP contribution in [-0.4, -0.2) is 42.3 Å². The van der Waals surface area contributed by atoms with Crippen LogP contribution in [0.15, 0.2) is 47.4 Å². The Balaban J connectivity index is 1.77. The molecule has 0 aliphatic rings. The SMILES string of the molecule is COc1ccc2c(c1OC)c(=O)n1c3ccc(OCC(=O)OC(C)C)cc3c3ccnc2c31. The highest BCUT2D eigenvalue weighted by Gasteiger charge is 2.22. The number of fused-ring (bicyclic) bond motifs is 5. The quantitative estimate of drug-likeness (QED) is 0.288. The molecule has 0 amide bonds. The Morgan fingerprint density at radius 1 is 1.03 bits per heavy atom. The Kier molecular flexibility index (Phi) is 4.92. The topological polar surface area (TPSA) is 88.4 Å². The van der Waals surface area contributed by atoms with Gasteiger partial charge in [0.25, 0.3) is 5.56 Å². The molecule has 8 nitrogen and oxygen atoms in total. The zero-order valence-electron chi connectivity index (χ0n) is 18.7. The molecule has 8 heteroatoms. The molecule has 3 heterocycles. The summed E-state index contributed by atoms with van der Waals surface area (Å²) < 4.78 is 23.4. The van der Waals surface area contributed by atoms with Crippen molar-refractivity contribution < 1.29 is 23.7 Å². The fraction of sp³-hybridized carbons (Fsp3) is 0.240. The van der Waals surface area contributed by atoms with E-state index in [0.717, 1.165) is 10.8 Å². The van der Waals surface area contributed by atoms with Gasteiger partial charge in [0.1, 0.15) is 5.75 Å². The van der Waals surface area contributed by atoms with E-state index in [0.29, 0.717) is 44.6 Å². The summed E-state index contributed by atoms with van der Waals surface area (Å²) >= 11 is 0. The van der Waals surface area contributed by atoms with E-state index in [1.807, 2.05) is 18.2 Å². The molecule has 3 aromatic heterocycles. The van der Waals surface area contributed by atoms with Gasteiger partial charge in [-0.15, -0.1) is 0 Å². The molecular weight excluding hydrogens is 424 g/mol. The van der Waals surface area contributed by atoms with Gasteiger partial charge in [0.15, 0.2) is 18.1 Å². The van der Waals surface area contributed by atoms with Crippen LogP contribution >= 0.6 is 0 Å². The second kappa shape index (κ2) is 7.81. The molecule has 0 saturated carbocycles. The maximum atomic E-state index is 13.7. The second-order valence-electron chi connectivity index (χ2n) is 7.93. The molecule has 0 radical (unpaired) electrons. The van der Waals surface area contributed by atoms with Crippen molar-refractivity contribution >= 4 is 44.1 Å². The third-order valence-electron chi connectivity index (χ3n) is 5.59. The summed E-state index contributed by atoms with van der Waals surface area (Å²) in [5.41, 5.74) is 1.88. The molecule has 0 unspecified atom stereocenters. The first-order valence-corrected chi connectivity index (χ1v) is 10.5. The maximum absolute atomic E-state index is 13.7. The molecule has 0 N–H and O–H groups in total. The molecule has 5 rings (SSSR count). The fourth-order valence-corrected chi connectivity index (χ4v) is 4.33. The summed E-state index contributed by atoms with van der Waals surface area (Å²) in [6, 6.07) is 10.8. The third kappa shape index (κ3) is 3.17. The van der Waals surface area contributed by atoms with E-state index in [-0.39, 0.29) is 18.3 Å². The maximum Gasteiger partial charge on any atom is 0.344 e. The van der Waals surface area contributed by atoms with Crippen molar-refractivity contribution in [2.75, 3.05) is 20.8 Å². The molecule has 5 aromatic rings. The van der Waals surface area contributed by atoms with Crippen molar-refractivity contribution in [3.05, 3.63) is 52.9 Å². The van der Waals surface area contributed by atoms with Crippen LogP contribution in [0.4, 0.5) is 0 Å². The lowest BCUT2D eigenvalue weighted by atomic mass is 10.1. The molecule has 0 saturated heterocycles. The minimum Gasteiger partial charge on any atom is -0.493 e. The fourth-order valence-electron chi connectivity index (χ4n) is 4.33. The molecule has 0 fully saturated rings. The zero-order valence-corrected chi connectivity index (χ0v) is 18.7. The van der Waals surface area contributed by atoms with Crippen LogP contribution < -0.4 is 19.8 Å². The summed E-state index contributed by atoms with van der Waals surface area (Å²) in [5.74, 6) is 0.906. The summed E-state index contributed by atoms with van der Waals surface area (Å²) in [4.78, 5) is 30.2. The van der Waals surface area contributed by atoms with Gasteiger partial charge in [-0.3, -0.25) is 14.2 Å². The minimum absolute atomic E-state index is 0.198. The zero-order chi connectivity index (χ0) is 23.3. The normalized spacial score (nSPS) is 11.7. The van der Waals surface area contributed by atoms with Crippen molar-refractivity contribution in [2.24, 2.45) is 0 Å². The number of aromatic nitrogens is 2. The number of hydrogen-bond acceptors (Lipinski definition) is 7. The van der Waals surface area contributed by atoms with Gasteiger partial charge in [-0.25, -0.2) is 4.79 Å². The lowest BCUT2D eigenvalue weighted by Crippen LogP contribution is -2.18. The van der Waals surface area contributed by atoms with E-state index in [2.05, 4.69) is 4.98 Å². The number of pyridine rings is 2. The Bertz CT molecular complexity index is 1590. The molecule has 2 aromatic carbocycles. The average molecular weight is 446 g/mol. The van der Waals surface area contributed by atoms with Crippen molar-refractivity contribution in [1.29, 1.82) is 0 Å². The molecule has 33 heavy (non-hydrogen) atoms. The van der Waals surface area contributed by atoms with Crippen LogP contribution in [-0.2, 0) is 9.53 Å². The van der Waals surface area contributed by atoms with Crippen LogP contribution in [0.3, 0.4) is 0 Å². The van der Waals surface area contributed by atoms with Crippen molar-refractivity contribution in [1.82, 2.24) is 9.38 Å². The first-order valence-electron chi connectivity index (χ1n) is 10.5. The van der Waals surface area contributed by atoms with Gasteiger partial charge in [0.05, 0.1) is 42.3 Å².